The van der Waals surface area contributed by atoms with Crippen LogP contribution in [-0.4, -0.2) is 28.2 Å². The highest BCUT2D eigenvalue weighted by Crippen LogP contribution is 2.13. The van der Waals surface area contributed by atoms with Gasteiger partial charge in [-0.2, -0.15) is 0 Å². The Morgan fingerprint density at radius 3 is 2.48 bits per heavy atom. The van der Waals surface area contributed by atoms with Gasteiger partial charge in [-0.25, -0.2) is 9.13 Å². The van der Waals surface area contributed by atoms with E-state index in [0.29, 0.717) is 18.9 Å². The van der Waals surface area contributed by atoms with Crippen LogP contribution < -0.4 is 33.9 Å². The minimum Gasteiger partial charge on any atom is -1.00 e. The van der Waals surface area contributed by atoms with Crippen molar-refractivity contribution in [3.05, 3.63) is 66.5 Å². The highest BCUT2D eigenvalue weighted by atomic mass is 127. The summed E-state index contributed by atoms with van der Waals surface area (Å²) in [5.41, 5.74) is 3.51. The summed E-state index contributed by atoms with van der Waals surface area (Å²) in [7, 11) is 0. The number of halogens is 1. The van der Waals surface area contributed by atoms with E-state index < -0.39 is 0 Å². The first kappa shape index (κ1) is 23.3. The fourth-order valence-corrected chi connectivity index (χ4v) is 3.60. The minimum atomic E-state index is -0.170. The molecule has 0 bridgehead atoms. The molecule has 3 rings (SSSR count). The van der Waals surface area contributed by atoms with Crippen molar-refractivity contribution in [1.29, 1.82) is 0 Å². The number of para-hydroxylation sites is 2. The molecule has 0 unspecified atom stereocenters. The van der Waals surface area contributed by atoms with Crippen LogP contribution in [0.5, 0.6) is 0 Å². The molecular formula is C23H30IN3O2. The summed E-state index contributed by atoms with van der Waals surface area (Å²) < 4.78 is 4.35. The second-order valence-corrected chi connectivity index (χ2v) is 7.74. The van der Waals surface area contributed by atoms with Crippen LogP contribution in [0.15, 0.2) is 60.9 Å². The van der Waals surface area contributed by atoms with Gasteiger partial charge in [0, 0.05) is 0 Å². The number of amides is 1. The molecule has 2 aromatic carbocycles. The molecule has 1 atom stereocenters. The Bertz CT molecular complexity index is 909. The van der Waals surface area contributed by atoms with Crippen molar-refractivity contribution in [2.45, 2.75) is 45.8 Å². The van der Waals surface area contributed by atoms with E-state index in [9.17, 15) is 9.90 Å². The summed E-state index contributed by atoms with van der Waals surface area (Å²) in [6.45, 7) is 5.56. The molecule has 0 aliphatic carbocycles. The second-order valence-electron chi connectivity index (χ2n) is 7.74. The van der Waals surface area contributed by atoms with Crippen molar-refractivity contribution in [3.8, 4) is 0 Å². The minimum absolute atomic E-state index is 0. The van der Waals surface area contributed by atoms with Crippen molar-refractivity contribution >= 4 is 16.9 Å². The fourth-order valence-electron chi connectivity index (χ4n) is 3.60. The predicted octanol–water partition coefficient (Wildman–Crippen LogP) is -0.106. The quantitative estimate of drug-likeness (QED) is 0.314. The molecule has 1 aromatic heterocycles. The maximum absolute atomic E-state index is 12.4. The van der Waals surface area contributed by atoms with Gasteiger partial charge in [-0.15, -0.1) is 0 Å². The first-order valence-electron chi connectivity index (χ1n) is 9.98. The van der Waals surface area contributed by atoms with Crippen LogP contribution in [-0.2, 0) is 17.9 Å². The zero-order chi connectivity index (χ0) is 19.9. The number of aliphatic hydroxyl groups excluding tert-OH is 1. The molecule has 0 radical (unpaired) electrons. The number of imidazole rings is 1. The number of aryl methyl sites for hydroxylation is 1. The largest absolute Gasteiger partial charge is 1.00 e. The predicted molar refractivity (Wildman–Crippen MR) is 111 cm³/mol. The van der Waals surface area contributed by atoms with Gasteiger partial charge < -0.3 is 34.4 Å². The fraction of sp³-hybridized carbons (Fsp3) is 0.391. The number of nitrogens with zero attached hydrogens (tertiary/aromatic N) is 2. The van der Waals surface area contributed by atoms with Gasteiger partial charge in [-0.05, 0) is 30.0 Å². The number of rotatable bonds is 9. The molecule has 0 aliphatic rings. The van der Waals surface area contributed by atoms with Gasteiger partial charge in [0.2, 0.25) is 12.2 Å². The second kappa shape index (κ2) is 11.3. The Morgan fingerprint density at radius 1 is 1.10 bits per heavy atom. The lowest BCUT2D eigenvalue weighted by molar-refractivity contribution is -0.663. The van der Waals surface area contributed by atoms with Crippen molar-refractivity contribution in [1.82, 2.24) is 9.88 Å². The first-order valence-corrected chi connectivity index (χ1v) is 9.98. The average molecular weight is 507 g/mol. The van der Waals surface area contributed by atoms with E-state index in [1.54, 1.807) is 0 Å². The summed E-state index contributed by atoms with van der Waals surface area (Å²) in [4.78, 5) is 12.4. The Labute approximate surface area is 189 Å². The van der Waals surface area contributed by atoms with E-state index in [-0.39, 0.29) is 42.5 Å². The number of nitrogens with one attached hydrogen (secondary N) is 1. The SMILES string of the molecule is CC(C)C[C@@H](CO)NC(=O)CCn1c[n+](Cc2ccccc2)c2ccccc21.[I-]. The number of benzene rings is 2. The van der Waals surface area contributed by atoms with E-state index in [0.717, 1.165) is 24.0 Å². The topological polar surface area (TPSA) is 58.1 Å². The van der Waals surface area contributed by atoms with Gasteiger partial charge in [-0.1, -0.05) is 56.3 Å². The van der Waals surface area contributed by atoms with E-state index in [1.807, 2.05) is 30.3 Å². The third-order valence-corrected chi connectivity index (χ3v) is 4.90. The molecule has 0 spiro atoms. The summed E-state index contributed by atoms with van der Waals surface area (Å²) >= 11 is 0. The molecular weight excluding hydrogens is 477 g/mol. The Balaban J connectivity index is 0.00000300. The van der Waals surface area contributed by atoms with Gasteiger partial charge in [0.25, 0.3) is 0 Å². The maximum Gasteiger partial charge on any atom is 0.245 e. The van der Waals surface area contributed by atoms with Gasteiger partial charge in [0.05, 0.1) is 25.6 Å². The molecule has 0 saturated heterocycles. The van der Waals surface area contributed by atoms with E-state index in [2.05, 4.69) is 58.9 Å². The number of fused-ring (bicyclic) bond motifs is 1. The lowest BCUT2D eigenvalue weighted by Crippen LogP contribution is -3.00. The monoisotopic (exact) mass is 507 g/mol. The Hall–Kier alpha value is -1.93. The Morgan fingerprint density at radius 2 is 1.79 bits per heavy atom. The third-order valence-electron chi connectivity index (χ3n) is 4.90. The van der Waals surface area contributed by atoms with Gasteiger partial charge in [-0.3, -0.25) is 4.79 Å². The van der Waals surface area contributed by atoms with E-state index in [4.69, 9.17) is 0 Å². The molecule has 0 fully saturated rings. The van der Waals surface area contributed by atoms with Crippen molar-refractivity contribution in [2.24, 2.45) is 5.92 Å². The zero-order valence-electron chi connectivity index (χ0n) is 17.1. The van der Waals surface area contributed by atoms with Gasteiger partial charge in [0.15, 0.2) is 11.0 Å². The molecule has 5 nitrogen and oxygen atoms in total. The summed E-state index contributed by atoms with van der Waals surface area (Å²) in [5, 5.41) is 12.4. The highest BCUT2D eigenvalue weighted by Gasteiger charge is 2.18. The molecule has 156 valence electrons. The highest BCUT2D eigenvalue weighted by molar-refractivity contribution is 5.77. The molecule has 6 heteroatoms. The third kappa shape index (κ3) is 6.54. The van der Waals surface area contributed by atoms with Gasteiger partial charge >= 0.3 is 0 Å². The summed E-state index contributed by atoms with van der Waals surface area (Å²) in [6, 6.07) is 18.5. The lowest BCUT2D eigenvalue weighted by atomic mass is 10.0. The number of hydrogen-bond donors (Lipinski definition) is 2. The van der Waals surface area contributed by atoms with E-state index in [1.165, 1.54) is 5.56 Å². The molecule has 3 aromatic rings. The van der Waals surface area contributed by atoms with Crippen molar-refractivity contribution in [2.75, 3.05) is 6.61 Å². The number of aromatic nitrogens is 2. The Kier molecular flexibility index (Phi) is 9.10. The molecule has 0 saturated carbocycles. The first-order chi connectivity index (χ1) is 13.6. The maximum atomic E-state index is 12.4. The average Bonchev–Trinajstić information content (AvgIpc) is 3.04. The van der Waals surface area contributed by atoms with Crippen molar-refractivity contribution < 1.29 is 38.4 Å². The van der Waals surface area contributed by atoms with Crippen LogP contribution in [0.25, 0.3) is 11.0 Å². The number of aliphatic hydroxyl groups is 1. The molecule has 29 heavy (non-hydrogen) atoms. The van der Waals surface area contributed by atoms with Crippen LogP contribution in [0.2, 0.25) is 0 Å². The molecule has 2 N–H and O–H groups in total. The van der Waals surface area contributed by atoms with Crippen LogP contribution in [0.1, 0.15) is 32.3 Å². The van der Waals surface area contributed by atoms with Crippen LogP contribution in [0.4, 0.5) is 0 Å². The van der Waals surface area contributed by atoms with Crippen LogP contribution in [0.3, 0.4) is 0 Å². The number of carbonyl (C=O) groups is 1. The number of hydrogen-bond acceptors (Lipinski definition) is 2. The normalized spacial score (nSPS) is 12.0. The number of carbonyl (C=O) groups excluding carboxylic acids is 1. The summed E-state index contributed by atoms with van der Waals surface area (Å²) in [5.74, 6) is 0.412. The standard InChI is InChI=1S/C23H29N3O2.HI/c1-18(2)14-20(16-27)24-23(28)12-13-25-17-26(15-19-8-4-3-5-9-19)22-11-7-6-10-21(22)25;/h3-11,17-18,20,27H,12-16H2,1-2H3;1H/t20-;/m0./s1. The smallest absolute Gasteiger partial charge is 0.245 e. The van der Waals surface area contributed by atoms with Crippen LogP contribution >= 0.6 is 0 Å². The van der Waals surface area contributed by atoms with Crippen LogP contribution in [0, 0.1) is 5.92 Å². The zero-order valence-corrected chi connectivity index (χ0v) is 19.2. The lowest BCUT2D eigenvalue weighted by Gasteiger charge is -2.17. The van der Waals surface area contributed by atoms with Crippen molar-refractivity contribution in [3.63, 3.8) is 0 Å². The molecule has 0 aliphatic heterocycles. The molecule has 1 amide bonds. The van der Waals surface area contributed by atoms with Gasteiger partial charge in [0.1, 0.15) is 6.54 Å². The van der Waals surface area contributed by atoms with E-state index >= 15 is 0 Å². The summed E-state index contributed by atoms with van der Waals surface area (Å²) in [6.07, 6.45) is 3.26. The molecule has 1 heterocycles.